The molecule has 6 aromatic rings. The summed E-state index contributed by atoms with van der Waals surface area (Å²) in [4.78, 5) is 8.90. The van der Waals surface area contributed by atoms with Crippen molar-refractivity contribution in [2.24, 2.45) is 0 Å². The Morgan fingerprint density at radius 1 is 0.889 bits per heavy atom. The van der Waals surface area contributed by atoms with Gasteiger partial charge in [0.2, 0.25) is 15.9 Å². The molecule has 0 aliphatic heterocycles. The van der Waals surface area contributed by atoms with Gasteiger partial charge in [-0.05, 0) is 48.9 Å². The highest BCUT2D eigenvalue weighted by molar-refractivity contribution is 7.92. The summed E-state index contributed by atoms with van der Waals surface area (Å²) in [5.74, 6) is -0.272. The van der Waals surface area contributed by atoms with Gasteiger partial charge in [0.1, 0.15) is 11.5 Å². The molecule has 0 saturated carbocycles. The lowest BCUT2D eigenvalue weighted by Crippen LogP contribution is -2.12. The molecule has 1 N–H and O–H groups in total. The molecule has 0 aliphatic rings. The Balaban J connectivity index is 1.50. The molecule has 0 amide bonds. The van der Waals surface area contributed by atoms with Crippen LogP contribution in [0.25, 0.3) is 33.3 Å². The van der Waals surface area contributed by atoms with Crippen LogP contribution in [0.5, 0.6) is 5.88 Å². The molecule has 4 heterocycles. The third-order valence-corrected chi connectivity index (χ3v) is 9.30. The Morgan fingerprint density at radius 3 is 2.33 bits per heavy atom. The molecule has 0 atom stereocenters. The van der Waals surface area contributed by atoms with Gasteiger partial charge >= 0.3 is 0 Å². The second kappa shape index (κ2) is 11.4. The predicted molar refractivity (Wildman–Crippen MR) is 168 cm³/mol. The highest BCUT2D eigenvalue weighted by atomic mass is 32.2. The van der Waals surface area contributed by atoms with Gasteiger partial charge in [0.05, 0.1) is 31.0 Å². The molecule has 0 bridgehead atoms. The maximum Gasteiger partial charge on any atom is 0.269 e. The third kappa shape index (κ3) is 6.14. The molecule has 0 radical (unpaired) electrons. The summed E-state index contributed by atoms with van der Waals surface area (Å²) in [6, 6.07) is 16.1. The molecule has 0 saturated heterocycles. The number of hydrogen-bond donors (Lipinski definition) is 1. The molecule has 0 fully saturated rings. The molecule has 4 aromatic heterocycles. The maximum atomic E-state index is 13.9. The summed E-state index contributed by atoms with van der Waals surface area (Å²) in [6.45, 7) is 2.17. The highest BCUT2D eigenvalue weighted by Crippen LogP contribution is 2.36. The first kappa shape index (κ1) is 30.0. The second-order valence-electron chi connectivity index (χ2n) is 10.5. The summed E-state index contributed by atoms with van der Waals surface area (Å²) >= 11 is 0. The van der Waals surface area contributed by atoms with E-state index in [1.807, 2.05) is 6.92 Å². The van der Waals surface area contributed by atoms with Gasteiger partial charge in [0.15, 0.2) is 5.65 Å². The Kier molecular flexibility index (Phi) is 7.62. The van der Waals surface area contributed by atoms with Crippen LogP contribution in [0.2, 0.25) is 0 Å². The summed E-state index contributed by atoms with van der Waals surface area (Å²) < 4.78 is 75.8. The van der Waals surface area contributed by atoms with Crippen molar-refractivity contribution in [2.45, 2.75) is 18.4 Å². The Morgan fingerprint density at radius 2 is 1.62 bits per heavy atom. The van der Waals surface area contributed by atoms with Gasteiger partial charge in [-0.25, -0.2) is 35.2 Å². The van der Waals surface area contributed by atoms with Crippen molar-refractivity contribution < 1.29 is 26.0 Å². The van der Waals surface area contributed by atoms with Gasteiger partial charge in [0.25, 0.3) is 10.0 Å². The highest BCUT2D eigenvalue weighted by Gasteiger charge is 2.24. The van der Waals surface area contributed by atoms with Crippen molar-refractivity contribution in [3.8, 4) is 28.1 Å². The largest absolute Gasteiger partial charge is 0.480 e. The number of anilines is 1. The average Bonchev–Trinajstić information content (AvgIpc) is 3.61. The van der Waals surface area contributed by atoms with E-state index in [4.69, 9.17) is 4.74 Å². The fourth-order valence-electron chi connectivity index (χ4n) is 4.93. The monoisotopic (exact) mass is 646 g/mol. The number of fused-ring (bicyclic) bond motifs is 1. The molecule has 6 rings (SSSR count). The molecule has 14 heteroatoms. The minimum Gasteiger partial charge on any atom is -0.480 e. The van der Waals surface area contributed by atoms with E-state index in [9.17, 15) is 21.2 Å². The van der Waals surface area contributed by atoms with Gasteiger partial charge in [-0.15, -0.1) is 0 Å². The molecule has 2 aromatic carbocycles. The minimum absolute atomic E-state index is 0.0833. The first-order valence-electron chi connectivity index (χ1n) is 13.5. The predicted octanol–water partition coefficient (Wildman–Crippen LogP) is 5.07. The number of pyridine rings is 2. The number of ether oxygens (including phenoxy) is 1. The Bertz CT molecular complexity index is 2280. The summed E-state index contributed by atoms with van der Waals surface area (Å²) in [5, 5.41) is 4.94. The standard InChI is InChI=1S/C31H27FN6O5S2/c1-20-7-9-26(10-8-20)45(41,42)38-19-28(24-16-35-37(18-24)17-21-5-4-6-25(32)11-21)27-12-22(14-33-30(27)38)23-13-29(36-44(3,39)40)31(43-2)34-15-23/h4-16,18-19,36H,17H2,1-3H3. The van der Waals surface area contributed by atoms with Crippen LogP contribution in [-0.2, 0) is 26.6 Å². The van der Waals surface area contributed by atoms with Crippen LogP contribution in [0.3, 0.4) is 0 Å². The van der Waals surface area contributed by atoms with Crippen molar-refractivity contribution in [1.29, 1.82) is 0 Å². The van der Waals surface area contributed by atoms with Gasteiger partial charge < -0.3 is 4.74 Å². The van der Waals surface area contributed by atoms with Crippen LogP contribution in [0.4, 0.5) is 10.1 Å². The van der Waals surface area contributed by atoms with Crippen LogP contribution in [0, 0.1) is 12.7 Å². The van der Waals surface area contributed by atoms with Gasteiger partial charge in [-0.3, -0.25) is 9.40 Å². The fraction of sp³-hybridized carbons (Fsp3) is 0.129. The molecule has 11 nitrogen and oxygen atoms in total. The maximum absolute atomic E-state index is 13.9. The summed E-state index contributed by atoms with van der Waals surface area (Å²) in [5.41, 5.74) is 4.16. The van der Waals surface area contributed by atoms with E-state index in [-0.39, 0.29) is 27.9 Å². The topological polar surface area (TPSA) is 138 Å². The summed E-state index contributed by atoms with van der Waals surface area (Å²) in [7, 11) is -6.31. The molecule has 230 valence electrons. The van der Waals surface area contributed by atoms with Crippen LogP contribution >= 0.6 is 0 Å². The van der Waals surface area contributed by atoms with Crippen LogP contribution in [0.15, 0.2) is 96.5 Å². The van der Waals surface area contributed by atoms with Crippen LogP contribution in [-0.4, -0.2) is 53.9 Å². The van der Waals surface area contributed by atoms with E-state index in [2.05, 4.69) is 19.8 Å². The van der Waals surface area contributed by atoms with E-state index in [1.165, 1.54) is 37.8 Å². The number of sulfonamides is 1. The first-order chi connectivity index (χ1) is 21.4. The second-order valence-corrected chi connectivity index (χ2v) is 14.0. The Hall–Kier alpha value is -5.08. The zero-order valence-electron chi connectivity index (χ0n) is 24.3. The van der Waals surface area contributed by atoms with Crippen LogP contribution in [0.1, 0.15) is 11.1 Å². The average molecular weight is 647 g/mol. The number of aromatic nitrogens is 5. The number of nitrogens with one attached hydrogen (secondary N) is 1. The van der Waals surface area contributed by atoms with E-state index < -0.39 is 20.0 Å². The van der Waals surface area contributed by atoms with Gasteiger partial charge in [0, 0.05) is 52.4 Å². The zero-order chi connectivity index (χ0) is 31.9. The zero-order valence-corrected chi connectivity index (χ0v) is 26.0. The molecular formula is C31H27FN6O5S2. The van der Waals surface area contributed by atoms with E-state index in [1.54, 1.807) is 65.6 Å². The quantitative estimate of drug-likeness (QED) is 0.230. The van der Waals surface area contributed by atoms with Gasteiger partial charge in [-0.1, -0.05) is 29.8 Å². The molecule has 0 spiro atoms. The van der Waals surface area contributed by atoms with Crippen molar-refractivity contribution in [1.82, 2.24) is 23.7 Å². The molecule has 0 aliphatic carbocycles. The minimum atomic E-state index is -4.05. The fourth-order valence-corrected chi connectivity index (χ4v) is 6.80. The smallest absolute Gasteiger partial charge is 0.269 e. The van der Waals surface area contributed by atoms with Crippen molar-refractivity contribution in [2.75, 3.05) is 18.1 Å². The number of methoxy groups -OCH3 is 1. The normalized spacial score (nSPS) is 12.0. The van der Waals surface area contributed by atoms with Crippen molar-refractivity contribution in [3.05, 3.63) is 109 Å². The number of benzene rings is 2. The lowest BCUT2D eigenvalue weighted by atomic mass is 10.0. The molecule has 45 heavy (non-hydrogen) atoms. The van der Waals surface area contributed by atoms with Gasteiger partial charge in [-0.2, -0.15) is 5.10 Å². The molecule has 0 unspecified atom stereocenters. The molecular weight excluding hydrogens is 620 g/mol. The SMILES string of the molecule is COc1ncc(-c2cnc3c(c2)c(-c2cnn(Cc4cccc(F)c4)c2)cn3S(=O)(=O)c2ccc(C)cc2)cc1NS(C)(=O)=O. The number of aryl methyl sites for hydroxylation is 1. The van der Waals surface area contributed by atoms with E-state index in [0.717, 1.165) is 15.8 Å². The lowest BCUT2D eigenvalue weighted by Gasteiger charge is -2.11. The lowest BCUT2D eigenvalue weighted by molar-refractivity contribution is 0.400. The van der Waals surface area contributed by atoms with Crippen molar-refractivity contribution in [3.63, 3.8) is 0 Å². The van der Waals surface area contributed by atoms with Crippen molar-refractivity contribution >= 4 is 36.8 Å². The Labute approximate surface area is 259 Å². The number of hydrogen-bond acceptors (Lipinski definition) is 8. The van der Waals surface area contributed by atoms with E-state index in [0.29, 0.717) is 39.7 Å². The third-order valence-electron chi connectivity index (χ3n) is 7.04. The number of nitrogens with zero attached hydrogens (tertiary/aromatic N) is 5. The van der Waals surface area contributed by atoms with Crippen LogP contribution < -0.4 is 9.46 Å². The summed E-state index contributed by atoms with van der Waals surface area (Å²) in [6.07, 6.45) is 8.87. The number of rotatable bonds is 9. The first-order valence-corrected chi connectivity index (χ1v) is 16.9. The number of halogens is 1. The van der Waals surface area contributed by atoms with E-state index >= 15 is 0 Å².